The van der Waals surface area contributed by atoms with Crippen LogP contribution in [-0.4, -0.2) is 62.5 Å². The number of piperazine rings is 1. The van der Waals surface area contributed by atoms with Crippen LogP contribution in [0, 0.1) is 12.7 Å². The molecule has 0 radical (unpaired) electrons. The molecule has 1 fully saturated rings. The van der Waals surface area contributed by atoms with Gasteiger partial charge in [0.2, 0.25) is 10.0 Å². The van der Waals surface area contributed by atoms with Crippen molar-refractivity contribution in [3.05, 3.63) is 65.5 Å². The van der Waals surface area contributed by atoms with Crippen LogP contribution >= 0.6 is 0 Å². The highest BCUT2D eigenvalue weighted by Crippen LogP contribution is 2.18. The molecule has 0 atom stereocenters. The van der Waals surface area contributed by atoms with Gasteiger partial charge < -0.3 is 0 Å². The summed E-state index contributed by atoms with van der Waals surface area (Å²) in [7, 11) is -3.53. The van der Waals surface area contributed by atoms with Crippen LogP contribution in [0.5, 0.6) is 0 Å². The highest BCUT2D eigenvalue weighted by molar-refractivity contribution is 7.89. The number of hydrogen-bond donors (Lipinski definition) is 1. The number of hydrogen-bond acceptors (Lipinski definition) is 5. The van der Waals surface area contributed by atoms with Crippen molar-refractivity contribution in [2.24, 2.45) is 5.10 Å². The molecule has 1 aliphatic rings. The minimum Gasteiger partial charge on any atom is -0.292 e. The quantitative estimate of drug-likeness (QED) is 0.571. The van der Waals surface area contributed by atoms with E-state index in [-0.39, 0.29) is 23.2 Å². The van der Waals surface area contributed by atoms with Crippen LogP contribution in [0.1, 0.15) is 11.1 Å². The molecule has 0 saturated carbocycles. The lowest BCUT2D eigenvalue weighted by Gasteiger charge is -2.33. The third kappa shape index (κ3) is 5.69. The molecule has 1 saturated heterocycles. The normalized spacial score (nSPS) is 16.2. The average molecular weight is 418 g/mol. The maximum absolute atomic E-state index is 13.1. The predicted molar refractivity (Wildman–Crippen MR) is 109 cm³/mol. The summed E-state index contributed by atoms with van der Waals surface area (Å²) in [6.45, 7) is 3.55. The predicted octanol–water partition coefficient (Wildman–Crippen LogP) is 1.59. The molecule has 2 aromatic carbocycles. The molecule has 0 aromatic heterocycles. The summed E-state index contributed by atoms with van der Waals surface area (Å²) >= 11 is 0. The zero-order valence-corrected chi connectivity index (χ0v) is 16.9. The monoisotopic (exact) mass is 418 g/mol. The van der Waals surface area contributed by atoms with Gasteiger partial charge in [-0.25, -0.2) is 18.2 Å². The van der Waals surface area contributed by atoms with Crippen LogP contribution in [0.15, 0.2) is 58.5 Å². The Labute approximate surface area is 169 Å². The first kappa shape index (κ1) is 21.1. The Morgan fingerprint density at radius 3 is 2.48 bits per heavy atom. The summed E-state index contributed by atoms with van der Waals surface area (Å²) in [5.74, 6) is -0.689. The highest BCUT2D eigenvalue weighted by Gasteiger charge is 2.28. The fourth-order valence-corrected chi connectivity index (χ4v) is 4.41. The molecule has 1 amide bonds. The van der Waals surface area contributed by atoms with Gasteiger partial charge in [0.15, 0.2) is 0 Å². The number of halogens is 1. The average Bonchev–Trinajstić information content (AvgIpc) is 2.69. The van der Waals surface area contributed by atoms with Crippen molar-refractivity contribution in [2.75, 3.05) is 32.7 Å². The summed E-state index contributed by atoms with van der Waals surface area (Å²) in [5, 5.41) is 3.82. The number of hydrazone groups is 1. The lowest BCUT2D eigenvalue weighted by atomic mass is 10.2. The van der Waals surface area contributed by atoms with Gasteiger partial charge in [-0.15, -0.1) is 0 Å². The SMILES string of the molecule is Cc1ccc(S(=O)(=O)N2CCN(CC(=O)N/N=C/c3cccc(F)c3)CC2)cc1. The first-order valence-electron chi connectivity index (χ1n) is 9.21. The minimum atomic E-state index is -3.53. The van der Waals surface area contributed by atoms with Crippen LogP contribution in [0.2, 0.25) is 0 Å². The van der Waals surface area contributed by atoms with Crippen molar-refractivity contribution in [2.45, 2.75) is 11.8 Å². The van der Waals surface area contributed by atoms with E-state index >= 15 is 0 Å². The highest BCUT2D eigenvalue weighted by atomic mass is 32.2. The van der Waals surface area contributed by atoms with Gasteiger partial charge in [-0.3, -0.25) is 9.69 Å². The number of rotatable bonds is 6. The number of benzene rings is 2. The van der Waals surface area contributed by atoms with E-state index in [4.69, 9.17) is 0 Å². The molecule has 29 heavy (non-hydrogen) atoms. The van der Waals surface area contributed by atoms with Crippen molar-refractivity contribution < 1.29 is 17.6 Å². The Morgan fingerprint density at radius 2 is 1.83 bits per heavy atom. The number of nitrogens with one attached hydrogen (secondary N) is 1. The lowest BCUT2D eigenvalue weighted by Crippen LogP contribution is -2.50. The van der Waals surface area contributed by atoms with Crippen LogP contribution < -0.4 is 5.43 Å². The first-order valence-corrected chi connectivity index (χ1v) is 10.7. The zero-order chi connectivity index (χ0) is 20.9. The lowest BCUT2D eigenvalue weighted by molar-refractivity contribution is -0.122. The Hall–Kier alpha value is -2.62. The molecule has 1 N–H and O–H groups in total. The number of sulfonamides is 1. The van der Waals surface area contributed by atoms with E-state index < -0.39 is 10.0 Å². The molecular weight excluding hydrogens is 395 g/mol. The maximum Gasteiger partial charge on any atom is 0.254 e. The van der Waals surface area contributed by atoms with E-state index in [2.05, 4.69) is 10.5 Å². The zero-order valence-electron chi connectivity index (χ0n) is 16.1. The van der Waals surface area contributed by atoms with Crippen molar-refractivity contribution in [3.63, 3.8) is 0 Å². The van der Waals surface area contributed by atoms with Gasteiger partial charge in [0.05, 0.1) is 17.7 Å². The summed E-state index contributed by atoms with van der Waals surface area (Å²) in [6, 6.07) is 12.6. The van der Waals surface area contributed by atoms with E-state index in [1.54, 1.807) is 36.4 Å². The standard InChI is InChI=1S/C20H23FN4O3S/c1-16-5-7-19(8-6-16)29(27,28)25-11-9-24(10-12-25)15-20(26)23-22-14-17-3-2-4-18(21)13-17/h2-8,13-14H,9-12,15H2,1H3,(H,23,26)/b22-14+. The molecule has 2 aromatic rings. The van der Waals surface area contributed by atoms with Crippen LogP contribution in [0.3, 0.4) is 0 Å². The molecule has 0 aliphatic carbocycles. The second kappa shape index (κ2) is 9.25. The molecule has 3 rings (SSSR count). The number of carbonyl (C=O) groups excluding carboxylic acids is 1. The molecule has 154 valence electrons. The first-order chi connectivity index (χ1) is 13.8. The summed E-state index contributed by atoms with van der Waals surface area (Å²) in [6.07, 6.45) is 1.37. The Bertz CT molecular complexity index is 985. The van der Waals surface area contributed by atoms with E-state index in [0.717, 1.165) is 5.56 Å². The Balaban J connectivity index is 1.48. The second-order valence-corrected chi connectivity index (χ2v) is 8.78. The van der Waals surface area contributed by atoms with Crippen molar-refractivity contribution in [1.82, 2.24) is 14.6 Å². The number of carbonyl (C=O) groups is 1. The molecule has 9 heteroatoms. The molecular formula is C20H23FN4O3S. The topological polar surface area (TPSA) is 82.1 Å². The second-order valence-electron chi connectivity index (χ2n) is 6.84. The number of nitrogens with zero attached hydrogens (tertiary/aromatic N) is 3. The Morgan fingerprint density at radius 1 is 1.14 bits per heavy atom. The third-order valence-electron chi connectivity index (χ3n) is 4.61. The van der Waals surface area contributed by atoms with E-state index in [9.17, 15) is 17.6 Å². The van der Waals surface area contributed by atoms with Gasteiger partial charge in [-0.05, 0) is 36.8 Å². The molecule has 7 nitrogen and oxygen atoms in total. The van der Waals surface area contributed by atoms with Gasteiger partial charge in [0.1, 0.15) is 5.82 Å². The molecule has 0 bridgehead atoms. The molecule has 1 heterocycles. The summed E-state index contributed by atoms with van der Waals surface area (Å²) in [4.78, 5) is 14.2. The van der Waals surface area contributed by atoms with Crippen LogP contribution in [0.4, 0.5) is 4.39 Å². The minimum absolute atomic E-state index is 0.110. The fraction of sp³-hybridized carbons (Fsp3) is 0.300. The largest absolute Gasteiger partial charge is 0.292 e. The number of amides is 1. The maximum atomic E-state index is 13.1. The van der Waals surface area contributed by atoms with Crippen molar-refractivity contribution in [3.8, 4) is 0 Å². The van der Waals surface area contributed by atoms with Crippen molar-refractivity contribution in [1.29, 1.82) is 0 Å². The van der Waals surface area contributed by atoms with Gasteiger partial charge in [-0.1, -0.05) is 29.8 Å². The van der Waals surface area contributed by atoms with Gasteiger partial charge in [0, 0.05) is 26.2 Å². The van der Waals surface area contributed by atoms with E-state index in [0.29, 0.717) is 31.7 Å². The third-order valence-corrected chi connectivity index (χ3v) is 6.52. The Kier molecular flexibility index (Phi) is 6.73. The van der Waals surface area contributed by atoms with Crippen LogP contribution in [0.25, 0.3) is 0 Å². The van der Waals surface area contributed by atoms with E-state index in [1.807, 2.05) is 11.8 Å². The van der Waals surface area contributed by atoms with Crippen molar-refractivity contribution >= 4 is 22.1 Å². The van der Waals surface area contributed by atoms with Gasteiger partial charge in [-0.2, -0.15) is 9.41 Å². The molecule has 0 spiro atoms. The van der Waals surface area contributed by atoms with E-state index in [1.165, 1.54) is 22.7 Å². The van der Waals surface area contributed by atoms with Gasteiger partial charge in [0.25, 0.3) is 5.91 Å². The number of aryl methyl sites for hydroxylation is 1. The summed E-state index contributed by atoms with van der Waals surface area (Å²) in [5.41, 5.74) is 3.95. The smallest absolute Gasteiger partial charge is 0.254 e. The molecule has 0 unspecified atom stereocenters. The fourth-order valence-electron chi connectivity index (χ4n) is 2.99. The van der Waals surface area contributed by atoms with Crippen LogP contribution in [-0.2, 0) is 14.8 Å². The van der Waals surface area contributed by atoms with Gasteiger partial charge >= 0.3 is 0 Å². The molecule has 1 aliphatic heterocycles. The summed E-state index contributed by atoms with van der Waals surface area (Å²) < 4.78 is 40.0.